The number of hydrogen-bond acceptors (Lipinski definition) is 6. The van der Waals surface area contributed by atoms with E-state index >= 15 is 0 Å². The van der Waals surface area contributed by atoms with Crippen LogP contribution in [0.15, 0.2) is 0 Å². The summed E-state index contributed by atoms with van der Waals surface area (Å²) in [7, 11) is -1.53. The SMILES string of the molecule is CC(NC(=O)OC(C)(C)C)C(=O)N1CCN(S(=O)(=O)N2CCN(C)CC2)CC1. The summed E-state index contributed by atoms with van der Waals surface area (Å²) in [6.07, 6.45) is -0.648. The van der Waals surface area contributed by atoms with Crippen LogP contribution in [0.2, 0.25) is 0 Å². The number of nitrogens with zero attached hydrogens (tertiary/aromatic N) is 4. The van der Waals surface area contributed by atoms with Crippen LogP contribution in [0.5, 0.6) is 0 Å². The molecular weight excluding hydrogens is 386 g/mol. The van der Waals surface area contributed by atoms with Crippen LogP contribution < -0.4 is 5.32 Å². The zero-order valence-electron chi connectivity index (χ0n) is 17.5. The smallest absolute Gasteiger partial charge is 0.408 e. The van der Waals surface area contributed by atoms with Gasteiger partial charge in [-0.2, -0.15) is 17.0 Å². The first kappa shape index (κ1) is 22.9. The minimum absolute atomic E-state index is 0.248. The standard InChI is InChI=1S/C17H33N5O5S/c1-14(18-16(24)27-17(2,3)4)15(23)20-8-12-22(13-9-20)28(25,26)21-10-6-19(5)7-11-21/h14H,6-13H2,1-5H3,(H,18,24). The molecule has 2 fully saturated rings. The van der Waals surface area contributed by atoms with Gasteiger partial charge in [-0.1, -0.05) is 0 Å². The number of likely N-dealkylation sites (N-methyl/N-ethyl adjacent to an activating group) is 1. The summed E-state index contributed by atoms with van der Waals surface area (Å²) < 4.78 is 33.7. The summed E-state index contributed by atoms with van der Waals surface area (Å²) in [5.41, 5.74) is -0.643. The fourth-order valence-electron chi connectivity index (χ4n) is 3.14. The molecule has 0 aromatic rings. The Balaban J connectivity index is 1.85. The lowest BCUT2D eigenvalue weighted by molar-refractivity contribution is -0.134. The Morgan fingerprint density at radius 1 is 0.929 bits per heavy atom. The fraction of sp³-hybridized carbons (Fsp3) is 0.882. The van der Waals surface area contributed by atoms with Gasteiger partial charge in [-0.25, -0.2) is 4.79 Å². The van der Waals surface area contributed by atoms with Crippen LogP contribution in [-0.2, 0) is 19.7 Å². The third-order valence-corrected chi connectivity index (χ3v) is 6.80. The summed E-state index contributed by atoms with van der Waals surface area (Å²) in [5, 5.41) is 2.53. The quantitative estimate of drug-likeness (QED) is 0.661. The first-order valence-corrected chi connectivity index (χ1v) is 11.0. The minimum Gasteiger partial charge on any atom is -0.444 e. The van der Waals surface area contributed by atoms with Crippen molar-refractivity contribution < 1.29 is 22.7 Å². The van der Waals surface area contributed by atoms with E-state index in [1.165, 1.54) is 8.61 Å². The molecule has 2 rings (SSSR count). The third kappa shape index (κ3) is 6.03. The Hall–Kier alpha value is -1.43. The Labute approximate surface area is 167 Å². The molecule has 0 radical (unpaired) electrons. The molecule has 0 aliphatic carbocycles. The summed E-state index contributed by atoms with van der Waals surface area (Å²) >= 11 is 0. The molecule has 28 heavy (non-hydrogen) atoms. The van der Waals surface area contributed by atoms with Crippen LogP contribution >= 0.6 is 0 Å². The van der Waals surface area contributed by atoms with Gasteiger partial charge in [0.25, 0.3) is 10.2 Å². The highest BCUT2D eigenvalue weighted by molar-refractivity contribution is 7.86. The van der Waals surface area contributed by atoms with Crippen molar-refractivity contribution in [3.63, 3.8) is 0 Å². The number of carbonyl (C=O) groups excluding carboxylic acids is 2. The molecule has 1 atom stereocenters. The van der Waals surface area contributed by atoms with E-state index in [9.17, 15) is 18.0 Å². The predicted octanol–water partition coefficient (Wildman–Crippen LogP) is -0.464. The van der Waals surface area contributed by atoms with Gasteiger partial charge in [0.2, 0.25) is 5.91 Å². The van der Waals surface area contributed by atoms with Crippen LogP contribution in [0.25, 0.3) is 0 Å². The molecule has 162 valence electrons. The predicted molar refractivity (Wildman–Crippen MR) is 105 cm³/mol. The van der Waals surface area contributed by atoms with Crippen molar-refractivity contribution >= 4 is 22.2 Å². The second-order valence-corrected chi connectivity index (χ2v) is 10.2. The first-order chi connectivity index (χ1) is 12.9. The first-order valence-electron chi connectivity index (χ1n) is 9.62. The summed E-state index contributed by atoms with van der Waals surface area (Å²) in [6.45, 7) is 10.3. The van der Waals surface area contributed by atoms with E-state index in [0.29, 0.717) is 39.3 Å². The van der Waals surface area contributed by atoms with Gasteiger partial charge in [0.05, 0.1) is 0 Å². The van der Waals surface area contributed by atoms with Crippen LogP contribution in [0.4, 0.5) is 4.79 Å². The van der Waals surface area contributed by atoms with E-state index < -0.39 is 27.9 Å². The number of alkyl carbamates (subject to hydrolysis) is 1. The number of carbonyl (C=O) groups is 2. The lowest BCUT2D eigenvalue weighted by Crippen LogP contribution is -2.59. The van der Waals surface area contributed by atoms with Gasteiger partial charge in [0.1, 0.15) is 11.6 Å². The lowest BCUT2D eigenvalue weighted by atomic mass is 10.2. The maximum absolute atomic E-state index is 12.8. The van der Waals surface area contributed by atoms with Gasteiger partial charge >= 0.3 is 6.09 Å². The van der Waals surface area contributed by atoms with Gasteiger partial charge in [-0.3, -0.25) is 4.79 Å². The Morgan fingerprint density at radius 3 is 1.86 bits per heavy atom. The molecule has 2 aliphatic heterocycles. The van der Waals surface area contributed by atoms with Crippen LogP contribution in [0.1, 0.15) is 27.7 Å². The molecule has 2 saturated heterocycles. The molecule has 0 saturated carbocycles. The maximum Gasteiger partial charge on any atom is 0.408 e. The summed E-state index contributed by atoms with van der Waals surface area (Å²) in [6, 6.07) is -0.740. The topological polar surface area (TPSA) is 102 Å². The Bertz CT molecular complexity index is 662. The Morgan fingerprint density at radius 2 is 1.39 bits per heavy atom. The van der Waals surface area contributed by atoms with Crippen molar-refractivity contribution in [2.45, 2.75) is 39.3 Å². The van der Waals surface area contributed by atoms with Crippen molar-refractivity contribution in [2.75, 3.05) is 59.4 Å². The normalized spacial score (nSPS) is 22.0. The van der Waals surface area contributed by atoms with Gasteiger partial charge < -0.3 is 19.9 Å². The molecule has 0 spiro atoms. The summed E-state index contributed by atoms with van der Waals surface area (Å²) in [5.74, 6) is -0.248. The number of hydrogen-bond donors (Lipinski definition) is 1. The second kappa shape index (κ2) is 8.93. The highest BCUT2D eigenvalue weighted by Gasteiger charge is 2.35. The molecule has 2 heterocycles. The van der Waals surface area contributed by atoms with Crippen molar-refractivity contribution in [3.8, 4) is 0 Å². The van der Waals surface area contributed by atoms with Gasteiger partial charge in [-0.15, -0.1) is 0 Å². The summed E-state index contributed by atoms with van der Waals surface area (Å²) in [4.78, 5) is 28.1. The van der Waals surface area contributed by atoms with Gasteiger partial charge in [-0.05, 0) is 34.7 Å². The van der Waals surface area contributed by atoms with Crippen LogP contribution in [-0.4, -0.2) is 110 Å². The molecule has 11 heteroatoms. The minimum atomic E-state index is -3.50. The van der Waals surface area contributed by atoms with Crippen molar-refractivity contribution in [2.24, 2.45) is 0 Å². The second-order valence-electron chi connectivity index (χ2n) is 8.30. The van der Waals surface area contributed by atoms with Crippen molar-refractivity contribution in [3.05, 3.63) is 0 Å². The van der Waals surface area contributed by atoms with Crippen molar-refractivity contribution in [1.82, 2.24) is 23.7 Å². The molecule has 0 bridgehead atoms. The number of rotatable bonds is 4. The zero-order valence-corrected chi connectivity index (χ0v) is 18.3. The molecule has 0 aromatic heterocycles. The molecule has 2 aliphatic rings. The number of nitrogens with one attached hydrogen (secondary N) is 1. The molecular formula is C17H33N5O5S. The highest BCUT2D eigenvalue weighted by Crippen LogP contribution is 2.15. The number of ether oxygens (including phenoxy) is 1. The largest absolute Gasteiger partial charge is 0.444 e. The fourth-order valence-corrected chi connectivity index (χ4v) is 4.72. The van der Waals surface area contributed by atoms with Crippen LogP contribution in [0.3, 0.4) is 0 Å². The van der Waals surface area contributed by atoms with E-state index in [-0.39, 0.29) is 19.0 Å². The molecule has 10 nitrogen and oxygen atoms in total. The van der Waals surface area contributed by atoms with E-state index in [1.54, 1.807) is 32.6 Å². The number of piperazine rings is 2. The average Bonchev–Trinajstić information content (AvgIpc) is 2.59. The van der Waals surface area contributed by atoms with Crippen molar-refractivity contribution in [1.29, 1.82) is 0 Å². The van der Waals surface area contributed by atoms with E-state index in [0.717, 1.165) is 0 Å². The number of amides is 2. The maximum atomic E-state index is 12.8. The Kier molecular flexibility index (Phi) is 7.29. The monoisotopic (exact) mass is 419 g/mol. The highest BCUT2D eigenvalue weighted by atomic mass is 32.2. The molecule has 1 N–H and O–H groups in total. The van der Waals surface area contributed by atoms with E-state index in [1.807, 2.05) is 7.05 Å². The van der Waals surface area contributed by atoms with E-state index in [4.69, 9.17) is 4.74 Å². The van der Waals surface area contributed by atoms with Gasteiger partial charge in [0, 0.05) is 52.4 Å². The molecule has 0 aromatic carbocycles. The molecule has 1 unspecified atom stereocenters. The molecule has 2 amide bonds. The van der Waals surface area contributed by atoms with Crippen LogP contribution in [0, 0.1) is 0 Å². The lowest BCUT2D eigenvalue weighted by Gasteiger charge is -2.39. The average molecular weight is 420 g/mol. The third-order valence-electron chi connectivity index (χ3n) is 4.77. The van der Waals surface area contributed by atoms with Gasteiger partial charge in [0.15, 0.2) is 0 Å². The zero-order chi connectivity index (χ0) is 21.1. The van der Waals surface area contributed by atoms with E-state index in [2.05, 4.69) is 10.2 Å².